The van der Waals surface area contributed by atoms with Crippen LogP contribution in [-0.4, -0.2) is 59.0 Å². The SMILES string of the molecule is CCNC(=NCCc1csc(N2CCCC2)n1)N(C)Cc1ncc(-c2ccccc2)[nH]1.I. The van der Waals surface area contributed by atoms with Gasteiger partial charge >= 0.3 is 0 Å². The highest BCUT2D eigenvalue weighted by Crippen LogP contribution is 2.24. The van der Waals surface area contributed by atoms with Crippen molar-refractivity contribution in [3.8, 4) is 11.3 Å². The van der Waals surface area contributed by atoms with Crippen LogP contribution >= 0.6 is 35.3 Å². The van der Waals surface area contributed by atoms with Crippen molar-refractivity contribution in [3.63, 3.8) is 0 Å². The zero-order chi connectivity index (χ0) is 21.5. The molecule has 0 atom stereocenters. The highest BCUT2D eigenvalue weighted by Gasteiger charge is 2.15. The lowest BCUT2D eigenvalue weighted by atomic mass is 10.2. The largest absolute Gasteiger partial charge is 0.357 e. The quantitative estimate of drug-likeness (QED) is 0.241. The van der Waals surface area contributed by atoms with E-state index in [0.29, 0.717) is 13.1 Å². The van der Waals surface area contributed by atoms with Crippen molar-refractivity contribution in [1.82, 2.24) is 25.2 Å². The van der Waals surface area contributed by atoms with Gasteiger partial charge in [-0.25, -0.2) is 9.97 Å². The number of aromatic nitrogens is 3. The molecule has 1 fully saturated rings. The molecule has 0 saturated carbocycles. The summed E-state index contributed by atoms with van der Waals surface area (Å²) >= 11 is 1.75. The Bertz CT molecular complexity index is 979. The van der Waals surface area contributed by atoms with E-state index < -0.39 is 0 Å². The number of aliphatic imine (C=N–C) groups is 1. The maximum Gasteiger partial charge on any atom is 0.194 e. The van der Waals surface area contributed by atoms with E-state index in [-0.39, 0.29) is 24.0 Å². The second-order valence-corrected chi connectivity index (χ2v) is 8.60. The highest BCUT2D eigenvalue weighted by molar-refractivity contribution is 14.0. The number of anilines is 1. The van der Waals surface area contributed by atoms with E-state index in [1.807, 2.05) is 31.4 Å². The molecule has 3 aromatic rings. The smallest absolute Gasteiger partial charge is 0.194 e. The minimum absolute atomic E-state index is 0. The van der Waals surface area contributed by atoms with Crippen LogP contribution in [0, 0.1) is 0 Å². The average Bonchev–Trinajstić information content (AvgIpc) is 3.55. The minimum Gasteiger partial charge on any atom is -0.357 e. The number of halogens is 1. The number of aromatic amines is 1. The van der Waals surface area contributed by atoms with Crippen LogP contribution in [0.3, 0.4) is 0 Å². The summed E-state index contributed by atoms with van der Waals surface area (Å²) < 4.78 is 0. The lowest BCUT2D eigenvalue weighted by Crippen LogP contribution is -2.38. The molecule has 4 rings (SSSR count). The zero-order valence-electron chi connectivity index (χ0n) is 18.8. The predicted octanol–water partition coefficient (Wildman–Crippen LogP) is 4.39. The topological polar surface area (TPSA) is 72.4 Å². The van der Waals surface area contributed by atoms with Crippen LogP contribution in [0.2, 0.25) is 0 Å². The molecule has 172 valence electrons. The van der Waals surface area contributed by atoms with Crippen molar-refractivity contribution in [2.24, 2.45) is 4.99 Å². The Morgan fingerprint density at radius 3 is 2.78 bits per heavy atom. The highest BCUT2D eigenvalue weighted by atomic mass is 127. The normalized spacial score (nSPS) is 13.8. The van der Waals surface area contributed by atoms with Gasteiger partial charge in [-0.05, 0) is 25.3 Å². The van der Waals surface area contributed by atoms with Crippen molar-refractivity contribution < 1.29 is 0 Å². The molecule has 1 aliphatic heterocycles. The lowest BCUT2D eigenvalue weighted by Gasteiger charge is -2.21. The van der Waals surface area contributed by atoms with Gasteiger partial charge in [-0.15, -0.1) is 35.3 Å². The summed E-state index contributed by atoms with van der Waals surface area (Å²) in [4.78, 5) is 22.1. The molecule has 2 aromatic heterocycles. The number of hydrogen-bond acceptors (Lipinski definition) is 5. The fourth-order valence-electron chi connectivity index (χ4n) is 3.72. The third-order valence-electron chi connectivity index (χ3n) is 5.34. The standard InChI is InChI=1S/C23H31N7S.HI/c1-3-24-22(25-12-11-19-17-31-23(27-19)30-13-7-8-14-30)29(2)16-21-26-15-20(28-21)18-9-5-4-6-10-18;/h4-6,9-10,15,17H,3,7-8,11-14,16H2,1-2H3,(H,24,25)(H,26,28);1H. The molecule has 0 aliphatic carbocycles. The number of rotatable bonds is 8. The predicted molar refractivity (Wildman–Crippen MR) is 144 cm³/mol. The van der Waals surface area contributed by atoms with Crippen LogP contribution in [-0.2, 0) is 13.0 Å². The first-order chi connectivity index (χ1) is 15.2. The van der Waals surface area contributed by atoms with Gasteiger partial charge < -0.3 is 20.1 Å². The van der Waals surface area contributed by atoms with E-state index in [2.05, 4.69) is 49.5 Å². The average molecular weight is 566 g/mol. The van der Waals surface area contributed by atoms with Crippen LogP contribution in [0.1, 0.15) is 31.3 Å². The number of H-pyrrole nitrogens is 1. The molecule has 3 heterocycles. The lowest BCUT2D eigenvalue weighted by molar-refractivity contribution is 0.464. The van der Waals surface area contributed by atoms with Crippen LogP contribution in [0.4, 0.5) is 5.13 Å². The number of guanidine groups is 1. The third-order valence-corrected chi connectivity index (χ3v) is 6.29. The maximum atomic E-state index is 4.82. The molecule has 1 saturated heterocycles. The number of imidazole rings is 1. The zero-order valence-corrected chi connectivity index (χ0v) is 21.9. The van der Waals surface area contributed by atoms with Gasteiger partial charge in [0.1, 0.15) is 5.82 Å². The summed E-state index contributed by atoms with van der Waals surface area (Å²) in [6, 6.07) is 10.3. The van der Waals surface area contributed by atoms with Crippen molar-refractivity contribution >= 4 is 46.4 Å². The first-order valence-corrected chi connectivity index (χ1v) is 11.9. The summed E-state index contributed by atoms with van der Waals surface area (Å²) in [6.45, 7) is 6.56. The van der Waals surface area contributed by atoms with Gasteiger partial charge in [-0.2, -0.15) is 0 Å². The molecular weight excluding hydrogens is 533 g/mol. The van der Waals surface area contributed by atoms with Gasteiger partial charge in [0.15, 0.2) is 11.1 Å². The van der Waals surface area contributed by atoms with Crippen LogP contribution < -0.4 is 10.2 Å². The van der Waals surface area contributed by atoms with Crippen LogP contribution in [0.25, 0.3) is 11.3 Å². The Kier molecular flexibility index (Phi) is 9.34. The van der Waals surface area contributed by atoms with Crippen molar-refractivity contribution in [2.75, 3.05) is 38.1 Å². The Hall–Kier alpha value is -2.14. The molecule has 0 amide bonds. The summed E-state index contributed by atoms with van der Waals surface area (Å²) in [7, 11) is 2.04. The van der Waals surface area contributed by atoms with E-state index in [1.165, 1.54) is 12.8 Å². The fraction of sp³-hybridized carbons (Fsp3) is 0.435. The van der Waals surface area contributed by atoms with Gasteiger partial charge in [0.25, 0.3) is 0 Å². The van der Waals surface area contributed by atoms with E-state index in [0.717, 1.165) is 59.9 Å². The van der Waals surface area contributed by atoms with Gasteiger partial charge in [0.2, 0.25) is 0 Å². The second kappa shape index (κ2) is 12.2. The van der Waals surface area contributed by atoms with E-state index in [1.54, 1.807) is 11.3 Å². The maximum absolute atomic E-state index is 4.82. The minimum atomic E-state index is 0. The molecule has 7 nitrogen and oxygen atoms in total. The Balaban J connectivity index is 0.00000289. The number of hydrogen-bond donors (Lipinski definition) is 2. The molecular formula is C23H32IN7S. The molecule has 2 N–H and O–H groups in total. The van der Waals surface area contributed by atoms with E-state index in [4.69, 9.17) is 9.98 Å². The summed E-state index contributed by atoms with van der Waals surface area (Å²) in [6.07, 6.45) is 5.30. The first-order valence-electron chi connectivity index (χ1n) is 11.0. The molecule has 0 spiro atoms. The summed E-state index contributed by atoms with van der Waals surface area (Å²) in [5.74, 6) is 1.80. The molecule has 1 aromatic carbocycles. The van der Waals surface area contributed by atoms with Crippen LogP contribution in [0.5, 0.6) is 0 Å². The molecule has 9 heteroatoms. The summed E-state index contributed by atoms with van der Waals surface area (Å²) in [5, 5.41) is 6.72. The van der Waals surface area contributed by atoms with Crippen molar-refractivity contribution in [3.05, 3.63) is 53.4 Å². The molecule has 0 radical (unpaired) electrons. The number of benzene rings is 1. The van der Waals surface area contributed by atoms with Gasteiger partial charge in [0.05, 0.1) is 24.1 Å². The molecule has 32 heavy (non-hydrogen) atoms. The monoisotopic (exact) mass is 565 g/mol. The Morgan fingerprint density at radius 1 is 1.25 bits per heavy atom. The van der Waals surface area contributed by atoms with Gasteiger partial charge in [0, 0.05) is 45.0 Å². The van der Waals surface area contributed by atoms with Crippen LogP contribution in [0.15, 0.2) is 46.9 Å². The number of nitrogens with one attached hydrogen (secondary N) is 2. The second-order valence-electron chi connectivity index (χ2n) is 7.77. The molecule has 1 aliphatic rings. The van der Waals surface area contributed by atoms with Crippen molar-refractivity contribution in [1.29, 1.82) is 0 Å². The molecule has 0 unspecified atom stereocenters. The Morgan fingerprint density at radius 2 is 2.03 bits per heavy atom. The number of thiazole rings is 1. The molecule has 0 bridgehead atoms. The van der Waals surface area contributed by atoms with E-state index >= 15 is 0 Å². The summed E-state index contributed by atoms with van der Waals surface area (Å²) in [5.41, 5.74) is 3.30. The number of nitrogens with zero attached hydrogens (tertiary/aromatic N) is 5. The van der Waals surface area contributed by atoms with Crippen molar-refractivity contribution in [2.45, 2.75) is 32.7 Å². The van der Waals surface area contributed by atoms with Gasteiger partial charge in [-0.1, -0.05) is 30.3 Å². The first kappa shape index (κ1) is 24.5. The Labute approximate surface area is 211 Å². The third kappa shape index (κ3) is 6.44. The van der Waals surface area contributed by atoms with E-state index in [9.17, 15) is 0 Å². The fourth-order valence-corrected chi connectivity index (χ4v) is 4.63. The van der Waals surface area contributed by atoms with Gasteiger partial charge in [-0.3, -0.25) is 4.99 Å².